The first kappa shape index (κ1) is 9.38. The molecule has 0 fully saturated rings. The molecule has 0 unspecified atom stereocenters. The third-order valence-electron chi connectivity index (χ3n) is 1.50. The fraction of sp³-hybridized carbons (Fsp3) is 0.222. The van der Waals surface area contributed by atoms with Crippen LogP contribution < -0.4 is 0 Å². The number of carbonyl (C=O) groups excluding carboxylic acids is 1. The fourth-order valence-electron chi connectivity index (χ4n) is 0.854. The zero-order chi connectivity index (χ0) is 9.84. The molecule has 1 rings (SSSR count). The molecule has 0 heterocycles. The molecule has 0 radical (unpaired) electrons. The topological polar surface area (TPSA) is 66.8 Å². The first-order valence-corrected chi connectivity index (χ1v) is 3.74. The quantitative estimate of drug-likeness (QED) is 0.673. The lowest BCUT2D eigenvalue weighted by Crippen LogP contribution is -1.98. The number of hydrogen-bond donors (Lipinski definition) is 2. The molecule has 2 N–H and O–H groups in total. The first-order chi connectivity index (χ1) is 6.09. The lowest BCUT2D eigenvalue weighted by molar-refractivity contribution is -0.142. The Hall–Kier alpha value is -1.71. The first-order valence-electron chi connectivity index (χ1n) is 3.74. The van der Waals surface area contributed by atoms with Gasteiger partial charge in [0, 0.05) is 18.6 Å². The van der Waals surface area contributed by atoms with Crippen LogP contribution in [0, 0.1) is 0 Å². The molecular weight excluding hydrogens is 172 g/mol. The number of benzene rings is 1. The second-order valence-corrected chi connectivity index (χ2v) is 2.59. The van der Waals surface area contributed by atoms with Crippen LogP contribution in [0.4, 0.5) is 0 Å². The van der Waals surface area contributed by atoms with Crippen LogP contribution in [0.15, 0.2) is 18.2 Å². The Kier molecular flexibility index (Phi) is 2.74. The number of carbonyl (C=O) groups is 1. The maximum absolute atomic E-state index is 10.4. The summed E-state index contributed by atoms with van der Waals surface area (Å²) in [7, 11) is 0. The molecule has 0 spiro atoms. The number of aromatic hydroxyl groups is 2. The van der Waals surface area contributed by atoms with Crippen molar-refractivity contribution in [3.63, 3.8) is 0 Å². The van der Waals surface area contributed by atoms with Crippen LogP contribution in [0.3, 0.4) is 0 Å². The second kappa shape index (κ2) is 3.80. The van der Waals surface area contributed by atoms with Gasteiger partial charge in [0.15, 0.2) is 0 Å². The summed E-state index contributed by atoms with van der Waals surface area (Å²) in [5.41, 5.74) is 0.466. The minimum Gasteiger partial charge on any atom is -0.508 e. The van der Waals surface area contributed by atoms with E-state index in [1.165, 1.54) is 25.1 Å². The summed E-state index contributed by atoms with van der Waals surface area (Å²) in [5.74, 6) is -0.516. The standard InChI is InChI=1S/C9H10O4/c1-6(10)13-5-7-2-3-8(11)4-9(7)12/h2-4,11-12H,5H2,1H3. The summed E-state index contributed by atoms with van der Waals surface area (Å²) in [6, 6.07) is 4.10. The number of phenolic OH excluding ortho intramolecular Hbond substituents is 2. The van der Waals surface area contributed by atoms with E-state index in [-0.39, 0.29) is 18.1 Å². The van der Waals surface area contributed by atoms with E-state index in [0.29, 0.717) is 5.56 Å². The monoisotopic (exact) mass is 182 g/mol. The Labute approximate surface area is 75.4 Å². The fourth-order valence-corrected chi connectivity index (χ4v) is 0.854. The molecule has 1 aromatic carbocycles. The average molecular weight is 182 g/mol. The van der Waals surface area contributed by atoms with Crippen molar-refractivity contribution in [2.45, 2.75) is 13.5 Å². The van der Waals surface area contributed by atoms with E-state index in [4.69, 9.17) is 5.11 Å². The van der Waals surface area contributed by atoms with Crippen molar-refractivity contribution in [2.24, 2.45) is 0 Å². The lowest BCUT2D eigenvalue weighted by Gasteiger charge is -2.04. The number of rotatable bonds is 2. The third-order valence-corrected chi connectivity index (χ3v) is 1.50. The molecular formula is C9H10O4. The Bertz CT molecular complexity index is 319. The molecule has 0 amide bonds. The van der Waals surface area contributed by atoms with E-state index in [1.54, 1.807) is 0 Å². The number of esters is 1. The highest BCUT2D eigenvalue weighted by Crippen LogP contribution is 2.22. The largest absolute Gasteiger partial charge is 0.508 e. The van der Waals surface area contributed by atoms with E-state index < -0.39 is 5.97 Å². The number of hydrogen-bond acceptors (Lipinski definition) is 4. The summed E-state index contributed by atoms with van der Waals surface area (Å²) in [6.07, 6.45) is 0. The van der Waals surface area contributed by atoms with Crippen LogP contribution in [-0.4, -0.2) is 16.2 Å². The van der Waals surface area contributed by atoms with Crippen molar-refractivity contribution in [1.82, 2.24) is 0 Å². The summed E-state index contributed by atoms with van der Waals surface area (Å²) in [5, 5.41) is 18.2. The summed E-state index contributed by atoms with van der Waals surface area (Å²) >= 11 is 0. The number of phenols is 2. The van der Waals surface area contributed by atoms with Crippen molar-refractivity contribution >= 4 is 5.97 Å². The molecule has 0 bridgehead atoms. The zero-order valence-corrected chi connectivity index (χ0v) is 7.15. The average Bonchev–Trinajstić information content (AvgIpc) is 2.02. The Morgan fingerprint density at radius 2 is 2.15 bits per heavy atom. The van der Waals surface area contributed by atoms with E-state index in [0.717, 1.165) is 0 Å². The normalized spacial score (nSPS) is 9.62. The summed E-state index contributed by atoms with van der Waals surface area (Å²) in [6.45, 7) is 1.30. The maximum atomic E-state index is 10.4. The molecule has 0 aliphatic rings. The highest BCUT2D eigenvalue weighted by molar-refractivity contribution is 5.66. The van der Waals surface area contributed by atoms with E-state index in [2.05, 4.69) is 4.74 Å². The van der Waals surface area contributed by atoms with Crippen LogP contribution in [-0.2, 0) is 16.1 Å². The van der Waals surface area contributed by atoms with Gasteiger partial charge in [-0.3, -0.25) is 4.79 Å². The van der Waals surface area contributed by atoms with Gasteiger partial charge in [0.25, 0.3) is 0 Å². The minimum atomic E-state index is -0.410. The molecule has 4 nitrogen and oxygen atoms in total. The zero-order valence-electron chi connectivity index (χ0n) is 7.15. The van der Waals surface area contributed by atoms with Crippen molar-refractivity contribution in [1.29, 1.82) is 0 Å². The molecule has 13 heavy (non-hydrogen) atoms. The predicted molar refractivity (Wildman–Crippen MR) is 45.2 cm³/mol. The van der Waals surface area contributed by atoms with Crippen LogP contribution in [0.5, 0.6) is 11.5 Å². The molecule has 0 aliphatic heterocycles. The van der Waals surface area contributed by atoms with Crippen molar-refractivity contribution < 1.29 is 19.7 Å². The maximum Gasteiger partial charge on any atom is 0.302 e. The van der Waals surface area contributed by atoms with Gasteiger partial charge in [-0.25, -0.2) is 0 Å². The Morgan fingerprint density at radius 1 is 1.46 bits per heavy atom. The van der Waals surface area contributed by atoms with E-state index in [1.807, 2.05) is 0 Å². The molecule has 0 aliphatic carbocycles. The van der Waals surface area contributed by atoms with Crippen LogP contribution in [0.2, 0.25) is 0 Å². The second-order valence-electron chi connectivity index (χ2n) is 2.59. The smallest absolute Gasteiger partial charge is 0.302 e. The predicted octanol–water partition coefficient (Wildman–Crippen LogP) is 1.16. The minimum absolute atomic E-state index is 0.0153. The summed E-state index contributed by atoms with van der Waals surface area (Å²) in [4.78, 5) is 10.4. The van der Waals surface area contributed by atoms with Crippen molar-refractivity contribution in [3.8, 4) is 11.5 Å². The van der Waals surface area contributed by atoms with Gasteiger partial charge in [-0.05, 0) is 12.1 Å². The van der Waals surface area contributed by atoms with Gasteiger partial charge in [-0.2, -0.15) is 0 Å². The van der Waals surface area contributed by atoms with Gasteiger partial charge in [-0.15, -0.1) is 0 Å². The van der Waals surface area contributed by atoms with Gasteiger partial charge < -0.3 is 14.9 Å². The van der Waals surface area contributed by atoms with E-state index >= 15 is 0 Å². The van der Waals surface area contributed by atoms with E-state index in [9.17, 15) is 9.90 Å². The number of ether oxygens (including phenoxy) is 1. The van der Waals surface area contributed by atoms with Crippen LogP contribution in [0.1, 0.15) is 12.5 Å². The molecule has 0 saturated heterocycles. The molecule has 1 aromatic rings. The van der Waals surface area contributed by atoms with Crippen LogP contribution in [0.25, 0.3) is 0 Å². The third kappa shape index (κ3) is 2.66. The van der Waals surface area contributed by atoms with Gasteiger partial charge in [0.2, 0.25) is 0 Å². The molecule has 0 atom stereocenters. The molecule has 0 aromatic heterocycles. The molecule has 0 saturated carbocycles. The van der Waals surface area contributed by atoms with Crippen molar-refractivity contribution in [2.75, 3.05) is 0 Å². The van der Waals surface area contributed by atoms with Crippen LogP contribution >= 0.6 is 0 Å². The lowest BCUT2D eigenvalue weighted by atomic mass is 10.2. The summed E-state index contributed by atoms with van der Waals surface area (Å²) < 4.78 is 4.67. The van der Waals surface area contributed by atoms with Crippen molar-refractivity contribution in [3.05, 3.63) is 23.8 Å². The van der Waals surface area contributed by atoms with Gasteiger partial charge in [0.1, 0.15) is 18.1 Å². The highest BCUT2D eigenvalue weighted by Gasteiger charge is 2.03. The van der Waals surface area contributed by atoms with Gasteiger partial charge in [0.05, 0.1) is 0 Å². The van der Waals surface area contributed by atoms with Gasteiger partial charge in [-0.1, -0.05) is 0 Å². The van der Waals surface area contributed by atoms with Gasteiger partial charge >= 0.3 is 5.97 Å². The Morgan fingerprint density at radius 3 is 2.69 bits per heavy atom. The molecule has 4 heteroatoms. The SMILES string of the molecule is CC(=O)OCc1ccc(O)cc1O. The Balaban J connectivity index is 2.72. The molecule has 70 valence electrons. The highest BCUT2D eigenvalue weighted by atomic mass is 16.5.